The van der Waals surface area contributed by atoms with Gasteiger partial charge in [-0.1, -0.05) is 30.3 Å². The first kappa shape index (κ1) is 16.9. The standard InChI is InChI=1S/C19H22FN3S/c20-16-8-10-17(11-9-16)22-19(24)21-14-18(23-12-4-5-13-23)15-6-2-1-3-7-15/h1-3,6-11,18H,4-5,12-14H2,(H2,21,22,24)/p+1/t18-/m1/s1. The van der Waals surface area contributed by atoms with Crippen LogP contribution in [-0.2, 0) is 0 Å². The lowest BCUT2D eigenvalue weighted by Crippen LogP contribution is -3.11. The number of benzene rings is 2. The summed E-state index contributed by atoms with van der Waals surface area (Å²) in [5.41, 5.74) is 2.13. The predicted octanol–water partition coefficient (Wildman–Crippen LogP) is 2.53. The van der Waals surface area contributed by atoms with E-state index in [-0.39, 0.29) is 5.82 Å². The summed E-state index contributed by atoms with van der Waals surface area (Å²) in [6.07, 6.45) is 2.58. The number of nitrogens with one attached hydrogen (secondary N) is 3. The molecular formula is C19H23FN3S+. The van der Waals surface area contributed by atoms with Gasteiger partial charge >= 0.3 is 0 Å². The zero-order valence-corrected chi connectivity index (χ0v) is 14.4. The molecule has 1 aliphatic rings. The molecule has 24 heavy (non-hydrogen) atoms. The molecule has 2 aromatic carbocycles. The Morgan fingerprint density at radius 1 is 1.04 bits per heavy atom. The topological polar surface area (TPSA) is 28.5 Å². The number of hydrogen-bond acceptors (Lipinski definition) is 1. The minimum absolute atomic E-state index is 0.249. The highest BCUT2D eigenvalue weighted by Crippen LogP contribution is 2.11. The van der Waals surface area contributed by atoms with Gasteiger partial charge in [0.2, 0.25) is 0 Å². The summed E-state index contributed by atoms with van der Waals surface area (Å²) >= 11 is 5.39. The van der Waals surface area contributed by atoms with E-state index < -0.39 is 0 Å². The zero-order valence-electron chi connectivity index (χ0n) is 13.6. The van der Waals surface area contributed by atoms with Crippen LogP contribution in [0, 0.1) is 5.82 Å². The van der Waals surface area contributed by atoms with Crippen molar-refractivity contribution in [2.24, 2.45) is 0 Å². The van der Waals surface area contributed by atoms with Crippen molar-refractivity contribution in [3.63, 3.8) is 0 Å². The molecule has 0 aromatic heterocycles. The van der Waals surface area contributed by atoms with E-state index in [0.29, 0.717) is 11.2 Å². The highest BCUT2D eigenvalue weighted by atomic mass is 32.1. The first-order valence-electron chi connectivity index (χ1n) is 8.42. The second kappa shape index (κ2) is 8.22. The third-order valence-corrected chi connectivity index (χ3v) is 4.76. The minimum atomic E-state index is -0.249. The Morgan fingerprint density at radius 2 is 1.71 bits per heavy atom. The van der Waals surface area contributed by atoms with Crippen LogP contribution in [0.5, 0.6) is 0 Å². The highest BCUT2D eigenvalue weighted by molar-refractivity contribution is 7.80. The number of likely N-dealkylation sites (tertiary alicyclic amines) is 1. The summed E-state index contributed by atoms with van der Waals surface area (Å²) in [5.74, 6) is -0.249. The molecule has 1 aliphatic heterocycles. The van der Waals surface area contributed by atoms with Gasteiger partial charge in [0.25, 0.3) is 0 Å². The molecule has 1 heterocycles. The van der Waals surface area contributed by atoms with E-state index in [1.54, 1.807) is 17.0 Å². The Bertz CT molecular complexity index is 654. The van der Waals surface area contributed by atoms with Gasteiger partial charge in [-0.15, -0.1) is 0 Å². The number of anilines is 1. The van der Waals surface area contributed by atoms with Crippen LogP contribution in [0.15, 0.2) is 54.6 Å². The van der Waals surface area contributed by atoms with Crippen molar-refractivity contribution in [3.05, 3.63) is 66.0 Å². The van der Waals surface area contributed by atoms with Gasteiger partial charge in [0.05, 0.1) is 19.6 Å². The maximum atomic E-state index is 13.0. The molecule has 0 radical (unpaired) electrons. The fraction of sp³-hybridized carbons (Fsp3) is 0.316. The van der Waals surface area contributed by atoms with Gasteiger partial charge in [0, 0.05) is 24.1 Å². The lowest BCUT2D eigenvalue weighted by molar-refractivity contribution is -0.918. The number of rotatable bonds is 5. The van der Waals surface area contributed by atoms with Crippen LogP contribution in [0.25, 0.3) is 0 Å². The predicted molar refractivity (Wildman–Crippen MR) is 99.7 cm³/mol. The third kappa shape index (κ3) is 4.52. The van der Waals surface area contributed by atoms with E-state index in [4.69, 9.17) is 12.2 Å². The Kier molecular flexibility index (Phi) is 5.77. The number of thiocarbonyl (C=S) groups is 1. The fourth-order valence-corrected chi connectivity index (χ4v) is 3.47. The average molecular weight is 344 g/mol. The summed E-state index contributed by atoms with van der Waals surface area (Å²) in [6.45, 7) is 3.20. The molecule has 3 N–H and O–H groups in total. The Balaban J connectivity index is 1.60. The normalized spacial score (nSPS) is 15.9. The van der Waals surface area contributed by atoms with Crippen LogP contribution in [-0.4, -0.2) is 24.7 Å². The molecule has 0 spiro atoms. The van der Waals surface area contributed by atoms with Gasteiger partial charge in [-0.3, -0.25) is 0 Å². The summed E-state index contributed by atoms with van der Waals surface area (Å²) < 4.78 is 13.0. The van der Waals surface area contributed by atoms with Crippen LogP contribution in [0.1, 0.15) is 24.4 Å². The molecule has 0 amide bonds. The number of quaternary nitrogens is 1. The Labute approximate surface area is 147 Å². The van der Waals surface area contributed by atoms with Crippen molar-refractivity contribution in [2.75, 3.05) is 25.0 Å². The van der Waals surface area contributed by atoms with Gasteiger partial charge < -0.3 is 15.5 Å². The second-order valence-electron chi connectivity index (χ2n) is 6.17. The van der Waals surface area contributed by atoms with Crippen LogP contribution in [0.3, 0.4) is 0 Å². The maximum absolute atomic E-state index is 13.0. The molecule has 0 aliphatic carbocycles. The highest BCUT2D eigenvalue weighted by Gasteiger charge is 2.27. The molecule has 1 fully saturated rings. The molecule has 2 aromatic rings. The van der Waals surface area contributed by atoms with Crippen molar-refractivity contribution in [3.8, 4) is 0 Å². The average Bonchev–Trinajstić information content (AvgIpc) is 3.12. The molecule has 1 atom stereocenters. The summed E-state index contributed by atoms with van der Waals surface area (Å²) in [7, 11) is 0. The lowest BCUT2D eigenvalue weighted by Gasteiger charge is -2.26. The van der Waals surface area contributed by atoms with E-state index in [0.717, 1.165) is 12.2 Å². The Morgan fingerprint density at radius 3 is 2.38 bits per heavy atom. The van der Waals surface area contributed by atoms with Crippen molar-refractivity contribution in [1.29, 1.82) is 0 Å². The lowest BCUT2D eigenvalue weighted by atomic mass is 10.1. The zero-order chi connectivity index (χ0) is 16.8. The number of hydrogen-bond donors (Lipinski definition) is 3. The Hall–Kier alpha value is -1.98. The first-order valence-corrected chi connectivity index (χ1v) is 8.83. The molecule has 126 valence electrons. The summed E-state index contributed by atoms with van der Waals surface area (Å²) in [5, 5.41) is 7.01. The van der Waals surface area contributed by atoms with Crippen molar-refractivity contribution in [1.82, 2.24) is 5.32 Å². The molecule has 0 unspecified atom stereocenters. The van der Waals surface area contributed by atoms with Gasteiger partial charge in [-0.25, -0.2) is 4.39 Å². The second-order valence-corrected chi connectivity index (χ2v) is 6.58. The van der Waals surface area contributed by atoms with E-state index in [9.17, 15) is 4.39 Å². The van der Waals surface area contributed by atoms with E-state index in [2.05, 4.69) is 34.9 Å². The monoisotopic (exact) mass is 344 g/mol. The first-order chi connectivity index (χ1) is 11.7. The van der Waals surface area contributed by atoms with Gasteiger partial charge in [0.15, 0.2) is 5.11 Å². The number of halogens is 1. The van der Waals surface area contributed by atoms with E-state index >= 15 is 0 Å². The fourth-order valence-electron chi connectivity index (χ4n) is 3.26. The van der Waals surface area contributed by atoms with Crippen LogP contribution in [0.2, 0.25) is 0 Å². The maximum Gasteiger partial charge on any atom is 0.171 e. The van der Waals surface area contributed by atoms with Crippen LogP contribution in [0.4, 0.5) is 10.1 Å². The third-order valence-electron chi connectivity index (χ3n) is 4.51. The quantitative estimate of drug-likeness (QED) is 0.728. The molecular weight excluding hydrogens is 321 g/mol. The van der Waals surface area contributed by atoms with Crippen molar-refractivity contribution >= 4 is 23.0 Å². The van der Waals surface area contributed by atoms with Crippen molar-refractivity contribution in [2.45, 2.75) is 18.9 Å². The summed E-state index contributed by atoms with van der Waals surface area (Å²) in [4.78, 5) is 1.61. The molecule has 5 heteroatoms. The van der Waals surface area contributed by atoms with Gasteiger partial charge in [-0.2, -0.15) is 0 Å². The molecule has 1 saturated heterocycles. The smallest absolute Gasteiger partial charge is 0.171 e. The molecule has 3 rings (SSSR count). The van der Waals surface area contributed by atoms with Gasteiger partial charge in [-0.05, 0) is 36.5 Å². The summed E-state index contributed by atoms with van der Waals surface area (Å²) in [6, 6.07) is 17.2. The van der Waals surface area contributed by atoms with Crippen molar-refractivity contribution < 1.29 is 9.29 Å². The van der Waals surface area contributed by atoms with E-state index in [1.165, 1.54) is 43.6 Å². The van der Waals surface area contributed by atoms with Gasteiger partial charge in [0.1, 0.15) is 11.9 Å². The minimum Gasteiger partial charge on any atom is -0.356 e. The van der Waals surface area contributed by atoms with Crippen LogP contribution >= 0.6 is 12.2 Å². The largest absolute Gasteiger partial charge is 0.356 e. The molecule has 0 saturated carbocycles. The van der Waals surface area contributed by atoms with Crippen LogP contribution < -0.4 is 15.5 Å². The van der Waals surface area contributed by atoms with E-state index in [1.807, 2.05) is 6.07 Å². The molecule has 0 bridgehead atoms. The molecule has 3 nitrogen and oxygen atoms in total. The SMILES string of the molecule is Fc1ccc(NC(=S)NC[C@H](c2ccccc2)[NH+]2CCCC2)cc1.